The van der Waals surface area contributed by atoms with E-state index in [2.05, 4.69) is 55.1 Å². The Labute approximate surface area is 161 Å². The van der Waals surface area contributed by atoms with E-state index in [0.717, 1.165) is 51.8 Å². The van der Waals surface area contributed by atoms with E-state index in [1.807, 2.05) is 0 Å². The second-order valence-corrected chi connectivity index (χ2v) is 7.78. The van der Waals surface area contributed by atoms with Gasteiger partial charge in [0.15, 0.2) is 5.96 Å². The van der Waals surface area contributed by atoms with E-state index in [9.17, 15) is 0 Å². The molecule has 1 aliphatic heterocycles. The Kier molecular flexibility index (Phi) is 12.7. The summed E-state index contributed by atoms with van der Waals surface area (Å²) < 4.78 is 5.66. The Hall–Kier alpha value is -0.850. The first-order chi connectivity index (χ1) is 12.5. The van der Waals surface area contributed by atoms with Gasteiger partial charge >= 0.3 is 0 Å². The van der Waals surface area contributed by atoms with Crippen molar-refractivity contribution in [1.82, 2.24) is 20.4 Å². The number of ether oxygens (including phenoxy) is 1. The van der Waals surface area contributed by atoms with Crippen molar-refractivity contribution in [3.63, 3.8) is 0 Å². The molecule has 26 heavy (non-hydrogen) atoms. The van der Waals surface area contributed by atoms with Gasteiger partial charge < -0.3 is 25.2 Å². The number of piperazine rings is 1. The van der Waals surface area contributed by atoms with Gasteiger partial charge in [0, 0.05) is 59.0 Å². The van der Waals surface area contributed by atoms with Crippen LogP contribution in [0.5, 0.6) is 0 Å². The van der Waals surface area contributed by atoms with Crippen molar-refractivity contribution in [3.05, 3.63) is 0 Å². The predicted molar refractivity (Wildman–Crippen MR) is 112 cm³/mol. The maximum atomic E-state index is 5.66. The Bertz CT molecular complexity index is 367. The lowest BCUT2D eigenvalue weighted by atomic mass is 10.1. The molecule has 154 valence electrons. The number of guanidine groups is 1. The van der Waals surface area contributed by atoms with Gasteiger partial charge in [-0.25, -0.2) is 0 Å². The Balaban J connectivity index is 2.22. The van der Waals surface area contributed by atoms with Gasteiger partial charge in [0.2, 0.25) is 0 Å². The van der Waals surface area contributed by atoms with E-state index in [1.165, 1.54) is 32.7 Å². The quantitative estimate of drug-likeness (QED) is 0.312. The topological polar surface area (TPSA) is 52.1 Å². The first kappa shape index (κ1) is 23.2. The predicted octanol–water partition coefficient (Wildman–Crippen LogP) is 1.88. The van der Waals surface area contributed by atoms with Crippen LogP contribution < -0.4 is 10.6 Å². The average molecular weight is 370 g/mol. The van der Waals surface area contributed by atoms with Crippen LogP contribution in [0.3, 0.4) is 0 Å². The number of rotatable bonds is 12. The van der Waals surface area contributed by atoms with Crippen LogP contribution >= 0.6 is 0 Å². The van der Waals surface area contributed by atoms with Gasteiger partial charge in [-0.1, -0.05) is 27.7 Å². The number of nitrogens with zero attached hydrogens (tertiary/aromatic N) is 3. The summed E-state index contributed by atoms with van der Waals surface area (Å²) in [5.74, 6) is 2.18. The number of nitrogens with one attached hydrogen (secondary N) is 2. The molecule has 1 rings (SSSR count). The van der Waals surface area contributed by atoms with Crippen molar-refractivity contribution in [2.45, 2.75) is 41.0 Å². The van der Waals surface area contributed by atoms with Crippen molar-refractivity contribution in [2.75, 3.05) is 72.1 Å². The molecule has 0 aromatic carbocycles. The van der Waals surface area contributed by atoms with Gasteiger partial charge in [-0.15, -0.1) is 0 Å². The lowest BCUT2D eigenvalue weighted by Gasteiger charge is -2.35. The van der Waals surface area contributed by atoms with E-state index in [1.54, 1.807) is 0 Å². The molecule has 0 spiro atoms. The molecule has 1 atom stereocenters. The van der Waals surface area contributed by atoms with E-state index in [4.69, 9.17) is 9.73 Å². The highest BCUT2D eigenvalue weighted by atomic mass is 16.5. The fraction of sp³-hybridized carbons (Fsp3) is 0.950. The lowest BCUT2D eigenvalue weighted by molar-refractivity contribution is 0.125. The molecule has 6 nitrogen and oxygen atoms in total. The van der Waals surface area contributed by atoms with Crippen molar-refractivity contribution < 1.29 is 4.74 Å². The molecular formula is C20H43N5O. The zero-order chi connectivity index (χ0) is 19.2. The van der Waals surface area contributed by atoms with Gasteiger partial charge in [0.25, 0.3) is 0 Å². The SMILES string of the molecule is CCNC(=NCC(C)CN1CCN(CC)CC1)NCCOCCC(C)C. The number of aliphatic imine (C=N–C) groups is 1. The summed E-state index contributed by atoms with van der Waals surface area (Å²) in [5, 5.41) is 6.70. The molecule has 1 aliphatic rings. The molecule has 1 unspecified atom stereocenters. The van der Waals surface area contributed by atoms with Crippen molar-refractivity contribution in [1.29, 1.82) is 0 Å². The zero-order valence-corrected chi connectivity index (χ0v) is 17.9. The van der Waals surface area contributed by atoms with E-state index < -0.39 is 0 Å². The third-order valence-corrected chi connectivity index (χ3v) is 4.77. The highest BCUT2D eigenvalue weighted by Crippen LogP contribution is 2.06. The van der Waals surface area contributed by atoms with Crippen LogP contribution in [-0.2, 0) is 4.74 Å². The largest absolute Gasteiger partial charge is 0.380 e. The van der Waals surface area contributed by atoms with Gasteiger partial charge in [-0.3, -0.25) is 4.99 Å². The molecule has 0 amide bonds. The van der Waals surface area contributed by atoms with Crippen LogP contribution in [0, 0.1) is 11.8 Å². The van der Waals surface area contributed by atoms with Crippen molar-refractivity contribution in [3.8, 4) is 0 Å². The second-order valence-electron chi connectivity index (χ2n) is 7.78. The fourth-order valence-electron chi connectivity index (χ4n) is 3.04. The molecule has 0 saturated carbocycles. The van der Waals surface area contributed by atoms with Crippen LogP contribution in [0.4, 0.5) is 0 Å². The minimum Gasteiger partial charge on any atom is -0.380 e. The fourth-order valence-corrected chi connectivity index (χ4v) is 3.04. The summed E-state index contributed by atoms with van der Waals surface area (Å²) in [5.41, 5.74) is 0. The van der Waals surface area contributed by atoms with Crippen LogP contribution in [0.2, 0.25) is 0 Å². The maximum absolute atomic E-state index is 5.66. The van der Waals surface area contributed by atoms with E-state index in [0.29, 0.717) is 11.8 Å². The van der Waals surface area contributed by atoms with Crippen LogP contribution in [0.25, 0.3) is 0 Å². The Morgan fingerprint density at radius 1 is 1.00 bits per heavy atom. The van der Waals surface area contributed by atoms with Crippen molar-refractivity contribution in [2.24, 2.45) is 16.8 Å². The minimum absolute atomic E-state index is 0.570. The third kappa shape index (κ3) is 11.0. The van der Waals surface area contributed by atoms with Gasteiger partial charge in [0.1, 0.15) is 0 Å². The van der Waals surface area contributed by atoms with Crippen molar-refractivity contribution >= 4 is 5.96 Å². The third-order valence-electron chi connectivity index (χ3n) is 4.77. The molecule has 6 heteroatoms. The standard InChI is InChI=1S/C20H43N5O/c1-6-21-20(22-9-15-26-14-8-18(3)4)23-16-19(5)17-25-12-10-24(7-2)11-13-25/h18-19H,6-17H2,1-5H3,(H2,21,22,23). The number of likely N-dealkylation sites (N-methyl/N-ethyl adjacent to an activating group) is 1. The maximum Gasteiger partial charge on any atom is 0.191 e. The van der Waals surface area contributed by atoms with Gasteiger partial charge in [0.05, 0.1) is 6.61 Å². The summed E-state index contributed by atoms with van der Waals surface area (Å²) in [4.78, 5) is 9.86. The first-order valence-corrected chi connectivity index (χ1v) is 10.6. The first-order valence-electron chi connectivity index (χ1n) is 10.6. The molecule has 2 N–H and O–H groups in total. The van der Waals surface area contributed by atoms with Crippen LogP contribution in [-0.4, -0.2) is 87.9 Å². The summed E-state index contributed by atoms with van der Waals surface area (Å²) in [6, 6.07) is 0. The summed E-state index contributed by atoms with van der Waals surface area (Å²) in [6.45, 7) is 22.3. The molecule has 0 aromatic rings. The molecule has 0 radical (unpaired) electrons. The zero-order valence-electron chi connectivity index (χ0n) is 17.9. The van der Waals surface area contributed by atoms with Crippen LogP contribution in [0.1, 0.15) is 41.0 Å². The normalized spacial score (nSPS) is 18.3. The smallest absolute Gasteiger partial charge is 0.191 e. The molecule has 1 fully saturated rings. The number of hydrogen-bond acceptors (Lipinski definition) is 4. The highest BCUT2D eigenvalue weighted by molar-refractivity contribution is 5.79. The van der Waals surface area contributed by atoms with Gasteiger partial charge in [-0.05, 0) is 31.7 Å². The molecule has 0 bridgehead atoms. The highest BCUT2D eigenvalue weighted by Gasteiger charge is 2.17. The van der Waals surface area contributed by atoms with Crippen LogP contribution in [0.15, 0.2) is 4.99 Å². The molecule has 1 saturated heterocycles. The molecular weight excluding hydrogens is 326 g/mol. The number of hydrogen-bond donors (Lipinski definition) is 2. The molecule has 1 heterocycles. The Morgan fingerprint density at radius 2 is 1.69 bits per heavy atom. The monoisotopic (exact) mass is 369 g/mol. The Morgan fingerprint density at radius 3 is 2.31 bits per heavy atom. The molecule has 0 aromatic heterocycles. The lowest BCUT2D eigenvalue weighted by Crippen LogP contribution is -2.47. The molecule has 0 aliphatic carbocycles. The minimum atomic E-state index is 0.570. The second kappa shape index (κ2) is 14.2. The van der Waals surface area contributed by atoms with Gasteiger partial charge in [-0.2, -0.15) is 0 Å². The summed E-state index contributed by atoms with van der Waals surface area (Å²) in [6.07, 6.45) is 1.12. The van der Waals surface area contributed by atoms with E-state index in [-0.39, 0.29) is 0 Å². The summed E-state index contributed by atoms with van der Waals surface area (Å²) >= 11 is 0. The van der Waals surface area contributed by atoms with E-state index >= 15 is 0 Å². The average Bonchev–Trinajstić information content (AvgIpc) is 2.62. The summed E-state index contributed by atoms with van der Waals surface area (Å²) in [7, 11) is 0.